The maximum Gasteiger partial charge on any atom is 0.261 e. The molecule has 0 fully saturated rings. The highest BCUT2D eigenvalue weighted by molar-refractivity contribution is 7.89. The maximum absolute atomic E-state index is 11.6. The number of sulfonamides is 1. The van der Waals surface area contributed by atoms with Gasteiger partial charge < -0.3 is 10.1 Å². The highest BCUT2D eigenvalue weighted by Gasteiger charge is 2.16. The number of hydrogen-bond acceptors (Lipinski definition) is 4. The van der Waals surface area contributed by atoms with E-state index in [4.69, 9.17) is 16.3 Å². The Morgan fingerprint density at radius 3 is 2.70 bits per heavy atom. The van der Waals surface area contributed by atoms with Crippen LogP contribution in [0.25, 0.3) is 0 Å². The molecule has 1 unspecified atom stereocenters. The molecule has 0 heterocycles. The molecule has 0 radical (unpaired) electrons. The molecule has 0 aliphatic carbocycles. The van der Waals surface area contributed by atoms with Crippen LogP contribution in [0.3, 0.4) is 0 Å². The van der Waals surface area contributed by atoms with E-state index in [1.165, 1.54) is 18.2 Å². The van der Waals surface area contributed by atoms with Gasteiger partial charge in [-0.1, -0.05) is 5.92 Å². The van der Waals surface area contributed by atoms with Gasteiger partial charge in [0, 0.05) is 0 Å². The second-order valence-electron chi connectivity index (χ2n) is 4.15. The average molecular weight is 296 g/mol. The molecule has 0 aliphatic heterocycles. The zero-order valence-electron chi connectivity index (χ0n) is 11.2. The van der Waals surface area contributed by atoms with Crippen LogP contribution in [0.1, 0.15) is 12.5 Å². The van der Waals surface area contributed by atoms with E-state index in [1.807, 2.05) is 0 Å². The first-order valence-electron chi connectivity index (χ1n) is 5.77. The molecule has 0 saturated carbocycles. The SMILES string of the molecule is C#CCNC(=O)C(C)Oc1ccc(S(N)(=O)=O)cc1C. The molecule has 20 heavy (non-hydrogen) atoms. The van der Waals surface area contributed by atoms with Crippen molar-refractivity contribution in [1.29, 1.82) is 0 Å². The summed E-state index contributed by atoms with van der Waals surface area (Å²) in [6.07, 6.45) is 4.29. The number of benzene rings is 1. The van der Waals surface area contributed by atoms with Crippen LogP contribution in [0.5, 0.6) is 5.75 Å². The molecule has 6 nitrogen and oxygen atoms in total. The summed E-state index contributed by atoms with van der Waals surface area (Å²) in [6.45, 7) is 3.35. The van der Waals surface area contributed by atoms with Gasteiger partial charge >= 0.3 is 0 Å². The lowest BCUT2D eigenvalue weighted by molar-refractivity contribution is -0.127. The molecular formula is C13H16N2O4S. The van der Waals surface area contributed by atoms with Gasteiger partial charge in [-0.15, -0.1) is 6.42 Å². The summed E-state index contributed by atoms with van der Waals surface area (Å²) in [5.41, 5.74) is 0.563. The predicted molar refractivity (Wildman–Crippen MR) is 74.5 cm³/mol. The average Bonchev–Trinajstić information content (AvgIpc) is 2.36. The minimum Gasteiger partial charge on any atom is -0.481 e. The normalized spacial score (nSPS) is 12.3. The van der Waals surface area contributed by atoms with Gasteiger partial charge in [0.1, 0.15) is 5.75 Å². The van der Waals surface area contributed by atoms with E-state index in [2.05, 4.69) is 11.2 Å². The Balaban J connectivity index is 2.84. The van der Waals surface area contributed by atoms with Crippen molar-refractivity contribution in [2.45, 2.75) is 24.8 Å². The second-order valence-corrected chi connectivity index (χ2v) is 5.72. The highest BCUT2D eigenvalue weighted by Crippen LogP contribution is 2.22. The fraction of sp³-hybridized carbons (Fsp3) is 0.308. The van der Waals surface area contributed by atoms with Crippen LogP contribution in [-0.2, 0) is 14.8 Å². The van der Waals surface area contributed by atoms with Crippen molar-refractivity contribution in [1.82, 2.24) is 5.32 Å². The van der Waals surface area contributed by atoms with E-state index in [0.29, 0.717) is 11.3 Å². The zero-order valence-corrected chi connectivity index (χ0v) is 12.0. The van der Waals surface area contributed by atoms with Crippen molar-refractivity contribution in [3.63, 3.8) is 0 Å². The quantitative estimate of drug-likeness (QED) is 0.756. The summed E-state index contributed by atoms with van der Waals surface area (Å²) in [7, 11) is -3.76. The predicted octanol–water partition coefficient (Wildman–Crippen LogP) is 0.159. The summed E-state index contributed by atoms with van der Waals surface area (Å²) >= 11 is 0. The van der Waals surface area contributed by atoms with Gasteiger partial charge in [0.25, 0.3) is 5.91 Å². The minimum atomic E-state index is -3.76. The Morgan fingerprint density at radius 1 is 1.55 bits per heavy atom. The van der Waals surface area contributed by atoms with Gasteiger partial charge in [0.05, 0.1) is 11.4 Å². The molecule has 1 amide bonds. The lowest BCUT2D eigenvalue weighted by Gasteiger charge is -2.16. The monoisotopic (exact) mass is 296 g/mol. The summed E-state index contributed by atoms with van der Waals surface area (Å²) in [4.78, 5) is 11.6. The molecular weight excluding hydrogens is 280 g/mol. The smallest absolute Gasteiger partial charge is 0.261 e. The number of primary sulfonamides is 1. The first-order valence-corrected chi connectivity index (χ1v) is 7.31. The number of nitrogens with two attached hydrogens (primary N) is 1. The van der Waals surface area contributed by atoms with Gasteiger partial charge in [-0.2, -0.15) is 0 Å². The first kappa shape index (κ1) is 16.0. The molecule has 0 bridgehead atoms. The molecule has 7 heteroatoms. The van der Waals surface area contributed by atoms with Gasteiger partial charge in [-0.05, 0) is 37.6 Å². The molecule has 0 saturated heterocycles. The molecule has 108 valence electrons. The van der Waals surface area contributed by atoms with Gasteiger partial charge in [0.15, 0.2) is 6.10 Å². The van der Waals surface area contributed by atoms with E-state index in [9.17, 15) is 13.2 Å². The van der Waals surface area contributed by atoms with Crippen LogP contribution < -0.4 is 15.2 Å². The van der Waals surface area contributed by atoms with Crippen LogP contribution >= 0.6 is 0 Å². The fourth-order valence-electron chi connectivity index (χ4n) is 1.46. The maximum atomic E-state index is 11.6. The van der Waals surface area contributed by atoms with Crippen LogP contribution in [-0.4, -0.2) is 27.0 Å². The number of ether oxygens (including phenoxy) is 1. The van der Waals surface area contributed by atoms with E-state index in [0.717, 1.165) is 0 Å². The van der Waals surface area contributed by atoms with Gasteiger partial charge in [-0.3, -0.25) is 4.79 Å². The van der Waals surface area contributed by atoms with Crippen LogP contribution in [0.15, 0.2) is 23.1 Å². The number of carbonyl (C=O) groups excluding carboxylic acids is 1. The zero-order chi connectivity index (χ0) is 15.3. The number of aryl methyl sites for hydroxylation is 1. The summed E-state index contributed by atoms with van der Waals surface area (Å²) in [6, 6.07) is 4.17. The van der Waals surface area contributed by atoms with Crippen LogP contribution in [0.2, 0.25) is 0 Å². The lowest BCUT2D eigenvalue weighted by Crippen LogP contribution is -2.36. The first-order chi connectivity index (χ1) is 9.25. The minimum absolute atomic E-state index is 0.00761. The summed E-state index contributed by atoms with van der Waals surface area (Å²) in [5, 5.41) is 7.52. The van der Waals surface area contributed by atoms with Crippen molar-refractivity contribution in [3.05, 3.63) is 23.8 Å². The summed E-state index contributed by atoms with van der Waals surface area (Å²) in [5.74, 6) is 2.34. The van der Waals surface area contributed by atoms with Gasteiger partial charge in [0.2, 0.25) is 10.0 Å². The Bertz CT molecular complexity index is 647. The van der Waals surface area contributed by atoms with Crippen LogP contribution in [0, 0.1) is 19.3 Å². The number of amides is 1. The Kier molecular flexibility index (Phi) is 5.13. The molecule has 0 spiro atoms. The third kappa shape index (κ3) is 4.26. The molecule has 1 aromatic rings. The molecule has 1 aromatic carbocycles. The van der Waals surface area contributed by atoms with Crippen molar-refractivity contribution in [2.75, 3.05) is 6.54 Å². The molecule has 0 aliphatic rings. The van der Waals surface area contributed by atoms with Gasteiger partial charge in [-0.25, -0.2) is 13.6 Å². The second kappa shape index (κ2) is 6.41. The van der Waals surface area contributed by atoms with E-state index < -0.39 is 16.1 Å². The van der Waals surface area contributed by atoms with Crippen molar-refractivity contribution < 1.29 is 17.9 Å². The standard InChI is InChI=1S/C13H16N2O4S/c1-4-7-15-13(16)10(3)19-12-6-5-11(8-9(12)2)20(14,17)18/h1,5-6,8,10H,7H2,2-3H3,(H,15,16)(H2,14,17,18). The van der Waals surface area contributed by atoms with Crippen molar-refractivity contribution in [2.24, 2.45) is 5.14 Å². The third-order valence-corrected chi connectivity index (χ3v) is 3.42. The molecule has 3 N–H and O–H groups in total. The molecule has 1 rings (SSSR count). The number of nitrogens with one attached hydrogen (secondary N) is 1. The summed E-state index contributed by atoms with van der Waals surface area (Å²) < 4.78 is 27.9. The van der Waals surface area contributed by atoms with Crippen LogP contribution in [0.4, 0.5) is 0 Å². The Morgan fingerprint density at radius 2 is 2.20 bits per heavy atom. The Hall–Kier alpha value is -2.04. The van der Waals surface area contributed by atoms with Crippen molar-refractivity contribution in [3.8, 4) is 18.1 Å². The number of rotatable bonds is 5. The van der Waals surface area contributed by atoms with E-state index in [1.54, 1.807) is 13.8 Å². The number of hydrogen-bond donors (Lipinski definition) is 2. The van der Waals surface area contributed by atoms with E-state index in [-0.39, 0.29) is 17.3 Å². The van der Waals surface area contributed by atoms with Crippen molar-refractivity contribution >= 4 is 15.9 Å². The number of terminal acetylenes is 1. The lowest BCUT2D eigenvalue weighted by atomic mass is 10.2. The fourth-order valence-corrected chi connectivity index (χ4v) is 2.06. The Labute approximate surface area is 118 Å². The highest BCUT2D eigenvalue weighted by atomic mass is 32.2. The van der Waals surface area contributed by atoms with E-state index >= 15 is 0 Å². The molecule has 0 aromatic heterocycles. The topological polar surface area (TPSA) is 98.5 Å². The molecule has 1 atom stereocenters. The number of carbonyl (C=O) groups is 1. The third-order valence-electron chi connectivity index (χ3n) is 2.51. The largest absolute Gasteiger partial charge is 0.481 e.